The van der Waals surface area contributed by atoms with Crippen LogP contribution in [0.15, 0.2) is 48.5 Å². The molecule has 0 amide bonds. The number of ketones is 1. The van der Waals surface area contributed by atoms with Gasteiger partial charge in [-0.1, -0.05) is 23.7 Å². The molecule has 0 spiro atoms. The molecule has 2 aromatic rings. The standard InChI is InChI=1S/C13H8ClNO3/c14-10-7-5-9(6-8-10)13(16)11-3-1-2-4-12(11)15(17)18/h1-8H. The summed E-state index contributed by atoms with van der Waals surface area (Å²) in [5, 5.41) is 11.4. The van der Waals surface area contributed by atoms with Crippen molar-refractivity contribution in [1.29, 1.82) is 0 Å². The van der Waals surface area contributed by atoms with Gasteiger partial charge >= 0.3 is 0 Å². The summed E-state index contributed by atoms with van der Waals surface area (Å²) in [6.45, 7) is 0. The molecule has 0 aliphatic rings. The molecule has 0 aromatic heterocycles. The number of hydrogen-bond donors (Lipinski definition) is 0. The maximum Gasteiger partial charge on any atom is 0.280 e. The van der Waals surface area contributed by atoms with Crippen LogP contribution in [0, 0.1) is 10.1 Å². The summed E-state index contributed by atoms with van der Waals surface area (Å²) < 4.78 is 0. The average molecular weight is 262 g/mol. The third-order valence-corrected chi connectivity index (χ3v) is 2.70. The molecule has 90 valence electrons. The van der Waals surface area contributed by atoms with Crippen molar-refractivity contribution in [3.05, 3.63) is 74.8 Å². The second-order valence-electron chi connectivity index (χ2n) is 3.61. The Balaban J connectivity index is 2.46. The molecule has 2 aromatic carbocycles. The minimum absolute atomic E-state index is 0.0739. The molecular formula is C13H8ClNO3. The summed E-state index contributed by atoms with van der Waals surface area (Å²) in [6.07, 6.45) is 0. The van der Waals surface area contributed by atoms with Crippen LogP contribution in [0.25, 0.3) is 0 Å². The summed E-state index contributed by atoms with van der Waals surface area (Å²) in [6, 6.07) is 12.1. The number of nitrogens with zero attached hydrogens (tertiary/aromatic N) is 1. The molecule has 0 unspecified atom stereocenters. The van der Waals surface area contributed by atoms with Crippen LogP contribution >= 0.6 is 11.6 Å². The van der Waals surface area contributed by atoms with Gasteiger partial charge in [-0.05, 0) is 30.3 Å². The highest BCUT2D eigenvalue weighted by atomic mass is 35.5. The number of rotatable bonds is 3. The first kappa shape index (κ1) is 12.3. The summed E-state index contributed by atoms with van der Waals surface area (Å²) in [4.78, 5) is 22.4. The summed E-state index contributed by atoms with van der Waals surface area (Å²) in [5.74, 6) is -0.390. The molecule has 0 N–H and O–H groups in total. The van der Waals surface area contributed by atoms with E-state index in [2.05, 4.69) is 0 Å². The van der Waals surface area contributed by atoms with E-state index in [4.69, 9.17) is 11.6 Å². The zero-order valence-corrected chi connectivity index (χ0v) is 9.92. The zero-order valence-electron chi connectivity index (χ0n) is 9.17. The van der Waals surface area contributed by atoms with Crippen LogP contribution in [0.5, 0.6) is 0 Å². The molecule has 0 saturated carbocycles. The molecule has 4 nitrogen and oxygen atoms in total. The third kappa shape index (κ3) is 2.38. The summed E-state index contributed by atoms with van der Waals surface area (Å²) in [7, 11) is 0. The number of carbonyl (C=O) groups is 1. The molecule has 0 bridgehead atoms. The topological polar surface area (TPSA) is 60.2 Å². The van der Waals surface area contributed by atoms with E-state index in [1.807, 2.05) is 0 Å². The second kappa shape index (κ2) is 4.98. The minimum Gasteiger partial charge on any atom is -0.288 e. The van der Waals surface area contributed by atoms with Crippen LogP contribution in [-0.2, 0) is 0 Å². The lowest BCUT2D eigenvalue weighted by Gasteiger charge is -2.02. The van der Waals surface area contributed by atoms with Crippen molar-refractivity contribution < 1.29 is 9.72 Å². The van der Waals surface area contributed by atoms with Gasteiger partial charge in [-0.25, -0.2) is 0 Å². The van der Waals surface area contributed by atoms with Crippen LogP contribution in [-0.4, -0.2) is 10.7 Å². The number of para-hydroxylation sites is 1. The summed E-state index contributed by atoms with van der Waals surface area (Å²) >= 11 is 5.72. The van der Waals surface area contributed by atoms with Crippen molar-refractivity contribution in [3.8, 4) is 0 Å². The first-order chi connectivity index (χ1) is 8.59. The molecule has 0 radical (unpaired) electrons. The van der Waals surface area contributed by atoms with Crippen molar-refractivity contribution in [3.63, 3.8) is 0 Å². The first-order valence-corrected chi connectivity index (χ1v) is 5.51. The van der Waals surface area contributed by atoms with Crippen LogP contribution in [0.1, 0.15) is 15.9 Å². The van der Waals surface area contributed by atoms with Crippen molar-refractivity contribution in [2.75, 3.05) is 0 Å². The van der Waals surface area contributed by atoms with Gasteiger partial charge in [0, 0.05) is 16.7 Å². The fraction of sp³-hybridized carbons (Fsp3) is 0. The molecule has 0 atom stereocenters. The monoisotopic (exact) mass is 261 g/mol. The van der Waals surface area contributed by atoms with E-state index >= 15 is 0 Å². The Morgan fingerprint density at radius 3 is 2.28 bits per heavy atom. The van der Waals surface area contributed by atoms with Crippen molar-refractivity contribution in [2.24, 2.45) is 0 Å². The predicted octanol–water partition coefficient (Wildman–Crippen LogP) is 3.48. The normalized spacial score (nSPS) is 10.1. The summed E-state index contributed by atoms with van der Waals surface area (Å²) in [5.41, 5.74) is 0.246. The van der Waals surface area contributed by atoms with Gasteiger partial charge < -0.3 is 0 Å². The van der Waals surface area contributed by atoms with E-state index in [-0.39, 0.29) is 17.0 Å². The Hall–Kier alpha value is -2.20. The SMILES string of the molecule is O=C(c1ccc(Cl)cc1)c1ccccc1[N+](=O)[O-]. The maximum atomic E-state index is 12.1. The van der Waals surface area contributed by atoms with Gasteiger partial charge in [0.1, 0.15) is 5.56 Å². The quantitative estimate of drug-likeness (QED) is 0.483. The van der Waals surface area contributed by atoms with E-state index in [1.165, 1.54) is 18.2 Å². The number of nitro benzene ring substituents is 1. The number of nitro groups is 1. The molecule has 0 aliphatic carbocycles. The largest absolute Gasteiger partial charge is 0.288 e. The van der Waals surface area contributed by atoms with Crippen LogP contribution in [0.3, 0.4) is 0 Å². The molecule has 5 heteroatoms. The molecule has 0 heterocycles. The number of benzene rings is 2. The number of halogens is 1. The smallest absolute Gasteiger partial charge is 0.280 e. The van der Waals surface area contributed by atoms with E-state index in [0.717, 1.165) is 0 Å². The lowest BCUT2D eigenvalue weighted by atomic mass is 10.0. The van der Waals surface area contributed by atoms with Crippen LogP contribution in [0.2, 0.25) is 5.02 Å². The molecule has 0 fully saturated rings. The molecule has 0 saturated heterocycles. The fourth-order valence-electron chi connectivity index (χ4n) is 1.58. The Bertz CT molecular complexity index is 608. The maximum absolute atomic E-state index is 12.1. The van der Waals surface area contributed by atoms with E-state index in [0.29, 0.717) is 10.6 Å². The number of hydrogen-bond acceptors (Lipinski definition) is 3. The molecule has 0 aliphatic heterocycles. The lowest BCUT2D eigenvalue weighted by molar-refractivity contribution is -0.385. The van der Waals surface area contributed by atoms with Gasteiger partial charge in [0.15, 0.2) is 5.78 Å². The Kier molecular flexibility index (Phi) is 3.39. The molecule has 18 heavy (non-hydrogen) atoms. The van der Waals surface area contributed by atoms with Gasteiger partial charge in [0.2, 0.25) is 0 Å². The van der Waals surface area contributed by atoms with Crippen LogP contribution < -0.4 is 0 Å². The van der Waals surface area contributed by atoms with E-state index in [1.54, 1.807) is 30.3 Å². The van der Waals surface area contributed by atoms with Crippen molar-refractivity contribution in [2.45, 2.75) is 0 Å². The first-order valence-electron chi connectivity index (χ1n) is 5.13. The van der Waals surface area contributed by atoms with Gasteiger partial charge in [0.05, 0.1) is 4.92 Å². The second-order valence-corrected chi connectivity index (χ2v) is 4.05. The van der Waals surface area contributed by atoms with Gasteiger partial charge in [-0.3, -0.25) is 14.9 Å². The minimum atomic E-state index is -0.566. The third-order valence-electron chi connectivity index (χ3n) is 2.45. The van der Waals surface area contributed by atoms with Crippen LogP contribution in [0.4, 0.5) is 5.69 Å². The Morgan fingerprint density at radius 1 is 1.06 bits per heavy atom. The van der Waals surface area contributed by atoms with Gasteiger partial charge in [-0.15, -0.1) is 0 Å². The van der Waals surface area contributed by atoms with E-state index < -0.39 is 4.92 Å². The molecular weight excluding hydrogens is 254 g/mol. The van der Waals surface area contributed by atoms with Crippen molar-refractivity contribution in [1.82, 2.24) is 0 Å². The van der Waals surface area contributed by atoms with Crippen molar-refractivity contribution >= 4 is 23.1 Å². The fourth-order valence-corrected chi connectivity index (χ4v) is 1.71. The highest BCUT2D eigenvalue weighted by Gasteiger charge is 2.20. The zero-order chi connectivity index (χ0) is 13.1. The number of carbonyl (C=O) groups excluding carboxylic acids is 1. The average Bonchev–Trinajstić information content (AvgIpc) is 2.39. The predicted molar refractivity (Wildman–Crippen MR) is 68.0 cm³/mol. The Labute approximate surface area is 108 Å². The lowest BCUT2D eigenvalue weighted by Crippen LogP contribution is -2.05. The van der Waals surface area contributed by atoms with Gasteiger partial charge in [-0.2, -0.15) is 0 Å². The highest BCUT2D eigenvalue weighted by molar-refractivity contribution is 6.30. The highest BCUT2D eigenvalue weighted by Crippen LogP contribution is 2.21. The molecule has 2 rings (SSSR count). The van der Waals surface area contributed by atoms with E-state index in [9.17, 15) is 14.9 Å². The van der Waals surface area contributed by atoms with Gasteiger partial charge in [0.25, 0.3) is 5.69 Å². The Morgan fingerprint density at radius 2 is 1.67 bits per heavy atom.